The number of rotatable bonds is 19. The summed E-state index contributed by atoms with van der Waals surface area (Å²) < 4.78 is 10.9. The van der Waals surface area contributed by atoms with Gasteiger partial charge in [-0.3, -0.25) is 0 Å². The van der Waals surface area contributed by atoms with Crippen molar-refractivity contribution < 1.29 is 24.8 Å². The van der Waals surface area contributed by atoms with E-state index in [-0.39, 0.29) is 13.2 Å². The highest BCUT2D eigenvalue weighted by molar-refractivity contribution is 7.80. The molecule has 0 aromatic rings. The Balaban J connectivity index is 1.90. The fourth-order valence-electron chi connectivity index (χ4n) is 4.03. The van der Waals surface area contributed by atoms with Crippen LogP contribution in [-0.2, 0) is 9.47 Å². The van der Waals surface area contributed by atoms with Gasteiger partial charge in [0.2, 0.25) is 0 Å². The van der Waals surface area contributed by atoms with Crippen LogP contribution in [0.1, 0.15) is 110 Å². The molecule has 0 bridgehead atoms. The molecule has 1 aliphatic rings. The number of hydrogen-bond acceptors (Lipinski definition) is 6. The molecule has 0 aliphatic carbocycles. The Morgan fingerprint density at radius 1 is 0.867 bits per heavy atom. The lowest BCUT2D eigenvalue weighted by Crippen LogP contribution is -2.42. The van der Waals surface area contributed by atoms with Crippen LogP contribution in [-0.4, -0.2) is 58.0 Å². The maximum absolute atomic E-state index is 9.88. The second kappa shape index (κ2) is 18.3. The van der Waals surface area contributed by atoms with E-state index in [1.165, 1.54) is 83.5 Å². The average Bonchev–Trinajstić information content (AvgIpc) is 3.07. The first-order chi connectivity index (χ1) is 14.6. The molecule has 1 aliphatic heterocycles. The van der Waals surface area contributed by atoms with E-state index < -0.39 is 24.4 Å². The molecule has 0 saturated carbocycles. The molecule has 5 nitrogen and oxygen atoms in total. The summed E-state index contributed by atoms with van der Waals surface area (Å²) in [5.74, 6) is 0. The molecule has 1 saturated heterocycles. The van der Waals surface area contributed by atoms with Crippen LogP contribution in [0, 0.1) is 0 Å². The van der Waals surface area contributed by atoms with Crippen molar-refractivity contribution in [2.75, 3.05) is 13.2 Å². The lowest BCUT2D eigenvalue weighted by Gasteiger charge is -2.25. The zero-order chi connectivity index (χ0) is 22.0. The van der Waals surface area contributed by atoms with E-state index in [2.05, 4.69) is 6.92 Å². The monoisotopic (exact) mass is 446 g/mol. The zero-order valence-corrected chi connectivity index (χ0v) is 19.9. The summed E-state index contributed by atoms with van der Waals surface area (Å²) in [6.07, 6.45) is 17.1. The van der Waals surface area contributed by atoms with Crippen LogP contribution in [0.5, 0.6) is 0 Å². The minimum Gasteiger partial charge on any atom is -0.479 e. The van der Waals surface area contributed by atoms with Crippen LogP contribution < -0.4 is 0 Å². The Hall–Kier alpha value is -0.270. The van der Waals surface area contributed by atoms with Crippen molar-refractivity contribution in [1.82, 2.24) is 0 Å². The minimum absolute atomic E-state index is 0.0531. The van der Waals surface area contributed by atoms with Crippen LogP contribution in [0.2, 0.25) is 0 Å². The van der Waals surface area contributed by atoms with Crippen molar-refractivity contribution in [3.05, 3.63) is 0 Å². The molecule has 3 N–H and O–H groups in total. The summed E-state index contributed by atoms with van der Waals surface area (Å²) in [7, 11) is 0. The molecule has 1 heterocycles. The molecule has 0 amide bonds. The fourth-order valence-corrected chi connectivity index (χ4v) is 4.30. The van der Waals surface area contributed by atoms with Gasteiger partial charge in [-0.25, -0.2) is 0 Å². The first kappa shape index (κ1) is 27.8. The van der Waals surface area contributed by atoms with Crippen molar-refractivity contribution in [2.45, 2.75) is 134 Å². The predicted octanol–water partition coefficient (Wildman–Crippen LogP) is 5.07. The van der Waals surface area contributed by atoms with Gasteiger partial charge in [-0.15, -0.1) is 0 Å². The molecule has 1 rings (SSSR count). The quantitative estimate of drug-likeness (QED) is 0.190. The Labute approximate surface area is 189 Å². The number of aliphatic hydroxyl groups excluding tert-OH is 3. The number of unbranched alkanes of at least 4 members (excludes halogenated alkanes) is 14. The van der Waals surface area contributed by atoms with Crippen LogP contribution in [0.25, 0.3) is 0 Å². The number of hydrogen-bond donors (Lipinski definition) is 3. The summed E-state index contributed by atoms with van der Waals surface area (Å²) in [6, 6.07) is 0. The van der Waals surface area contributed by atoms with Gasteiger partial charge in [0, 0.05) is 6.42 Å². The molecule has 4 atom stereocenters. The van der Waals surface area contributed by atoms with E-state index in [0.29, 0.717) is 11.5 Å². The first-order valence-corrected chi connectivity index (χ1v) is 12.8. The molecule has 0 unspecified atom stereocenters. The van der Waals surface area contributed by atoms with Crippen molar-refractivity contribution >= 4 is 17.3 Å². The molecule has 6 heteroatoms. The largest absolute Gasteiger partial charge is 0.479 e. The van der Waals surface area contributed by atoms with Crippen molar-refractivity contribution in [2.24, 2.45) is 0 Å². The summed E-state index contributed by atoms with van der Waals surface area (Å²) in [4.78, 5) is 0. The first-order valence-electron chi connectivity index (χ1n) is 12.4. The van der Waals surface area contributed by atoms with Gasteiger partial charge in [-0.2, -0.15) is 0 Å². The van der Waals surface area contributed by atoms with E-state index in [1.807, 2.05) is 0 Å². The Kier molecular flexibility index (Phi) is 17.0. The lowest BCUT2D eigenvalue weighted by molar-refractivity contribution is -0.0621. The lowest BCUT2D eigenvalue weighted by atomic mass is 10.0. The average molecular weight is 447 g/mol. The molecule has 0 spiro atoms. The molecule has 0 aromatic heterocycles. The Morgan fingerprint density at radius 2 is 1.33 bits per heavy atom. The third kappa shape index (κ3) is 12.6. The fraction of sp³-hybridized carbons (Fsp3) is 0.958. The molecule has 0 aromatic carbocycles. The second-order valence-corrected chi connectivity index (χ2v) is 9.22. The van der Waals surface area contributed by atoms with Gasteiger partial charge in [-0.05, 0) is 18.6 Å². The molecule has 1 fully saturated rings. The summed E-state index contributed by atoms with van der Waals surface area (Å²) in [5, 5.41) is 29.4. The maximum atomic E-state index is 9.88. The maximum Gasteiger partial charge on any atom is 0.160 e. The summed E-state index contributed by atoms with van der Waals surface area (Å²) >= 11 is 5.27. The molecular formula is C24H46O5S. The number of aliphatic hydroxyl groups is 3. The van der Waals surface area contributed by atoms with Gasteiger partial charge < -0.3 is 24.8 Å². The number of ether oxygens (including phenoxy) is 2. The van der Waals surface area contributed by atoms with Crippen molar-refractivity contribution in [3.8, 4) is 0 Å². The highest BCUT2D eigenvalue weighted by atomic mass is 32.1. The van der Waals surface area contributed by atoms with Crippen LogP contribution in [0.4, 0.5) is 0 Å². The van der Waals surface area contributed by atoms with Crippen molar-refractivity contribution in [3.63, 3.8) is 0 Å². The van der Waals surface area contributed by atoms with Gasteiger partial charge in [-0.1, -0.05) is 96.8 Å². The van der Waals surface area contributed by atoms with Crippen LogP contribution >= 0.6 is 12.2 Å². The highest BCUT2D eigenvalue weighted by Crippen LogP contribution is 2.21. The van der Waals surface area contributed by atoms with E-state index in [1.54, 1.807) is 0 Å². The van der Waals surface area contributed by atoms with Gasteiger partial charge in [0.25, 0.3) is 0 Å². The van der Waals surface area contributed by atoms with Gasteiger partial charge in [0.05, 0.1) is 13.2 Å². The standard InChI is InChI=1S/C24H46O5S/c1-2-3-4-5-6-7-8-9-10-11-12-13-14-15-16-17-22(30)29-21(18-25)24-23(27)20(26)19-28-24/h20-21,23-27H,2-19H2,1H3/t20-,21+,23-,24-/m1/s1. The van der Waals surface area contributed by atoms with E-state index in [9.17, 15) is 15.3 Å². The predicted molar refractivity (Wildman–Crippen MR) is 126 cm³/mol. The van der Waals surface area contributed by atoms with Gasteiger partial charge in [0.15, 0.2) is 11.2 Å². The molecule has 30 heavy (non-hydrogen) atoms. The minimum atomic E-state index is -1.05. The van der Waals surface area contributed by atoms with E-state index >= 15 is 0 Å². The summed E-state index contributed by atoms with van der Waals surface area (Å²) in [6.45, 7) is 2.02. The molecule has 0 radical (unpaired) electrons. The van der Waals surface area contributed by atoms with Crippen molar-refractivity contribution in [1.29, 1.82) is 0 Å². The van der Waals surface area contributed by atoms with Gasteiger partial charge >= 0.3 is 0 Å². The Morgan fingerprint density at radius 3 is 1.73 bits per heavy atom. The highest BCUT2D eigenvalue weighted by Gasteiger charge is 2.41. The Bertz CT molecular complexity index is 420. The smallest absolute Gasteiger partial charge is 0.160 e. The third-order valence-corrected chi connectivity index (χ3v) is 6.30. The zero-order valence-electron chi connectivity index (χ0n) is 19.1. The van der Waals surface area contributed by atoms with E-state index in [4.69, 9.17) is 21.7 Å². The second-order valence-electron chi connectivity index (χ2n) is 8.77. The normalized spacial score (nSPS) is 22.3. The van der Waals surface area contributed by atoms with E-state index in [0.717, 1.165) is 12.8 Å². The van der Waals surface area contributed by atoms with Crippen LogP contribution in [0.3, 0.4) is 0 Å². The topological polar surface area (TPSA) is 79.2 Å². The molecular weight excluding hydrogens is 400 g/mol. The molecule has 178 valence electrons. The van der Waals surface area contributed by atoms with Crippen LogP contribution in [0.15, 0.2) is 0 Å². The summed E-state index contributed by atoms with van der Waals surface area (Å²) in [5.41, 5.74) is 0. The number of thiocarbonyl (C=S) groups is 1. The third-order valence-electron chi connectivity index (χ3n) is 6.00. The SMILES string of the molecule is CCCCCCCCCCCCCCCCCC(=S)O[C@@H](CO)[C@H]1OC[C@@H](O)[C@H]1O. The van der Waals surface area contributed by atoms with Gasteiger partial charge in [0.1, 0.15) is 18.3 Å².